The summed E-state index contributed by atoms with van der Waals surface area (Å²) in [5.41, 5.74) is 6.66. The molecule has 0 aliphatic carbocycles. The van der Waals surface area contributed by atoms with Gasteiger partial charge in [-0.05, 0) is 93.2 Å². The molecule has 0 aromatic heterocycles. The number of hydrogen-bond donors (Lipinski definition) is 4. The third-order valence-electron chi connectivity index (χ3n) is 23.4. The summed E-state index contributed by atoms with van der Waals surface area (Å²) in [6, 6.07) is 82.1. The first-order chi connectivity index (χ1) is 61.6. The lowest BCUT2D eigenvalue weighted by Crippen LogP contribution is -2.72. The molecule has 10 aromatic rings. The number of fused-ring (bicyclic) bond motifs is 4. The first-order valence-electron chi connectivity index (χ1n) is 43.4. The number of aliphatic hydroxyl groups excluding tert-OH is 1. The standard InChI is InChI=1S/C100H110N4O22/c1-63-85(108)89(125-97-83(102-65(3)106)90(112-56-69-34-16-7-17-35-69)86-80(119-97)61-115-94(122-86)75-40-20-9-21-41-75)82(101-64(2)105)96(118-63)126-91-84(103-66(4)107)98(120-81-62-116-95(123-87(81)91)76-42-22-10-23-43-76)124-88-79(60-110-55-68-32-14-6-15-33-68)121-99(111-51-29-11-28-50-104(54-67-30-12-5-13-31-67)100(109)117-57-70-36-18-8-19-37-70)93(114-59-72-47-49-74-39-25-27-45-78(74)53-72)92(88)113-58-71-46-48-73-38-24-26-44-77(73)52-71/h5-10,12-27,30-49,52-53,63,79-99,108H,11,28-29,50-51,54-62H2,1-4H3,(H,101,105)(H,102,106)(H,103,107)/t63-,79+,80+,81+,82-,83-,84+,85+,86+,87-,88-,89-,90+,91+,92-,93+,94+,95-,96-,97-,98+,99-/m0/s1. The lowest BCUT2D eigenvalue weighted by Gasteiger charge is -2.54. The van der Waals surface area contributed by atoms with Gasteiger partial charge in [0.15, 0.2) is 37.7 Å². The van der Waals surface area contributed by atoms with Gasteiger partial charge in [0.2, 0.25) is 17.7 Å². The van der Waals surface area contributed by atoms with Crippen molar-refractivity contribution in [2.75, 3.05) is 33.0 Å². The topological polar surface area (TPSA) is 285 Å². The van der Waals surface area contributed by atoms with E-state index in [4.69, 9.17) is 80.5 Å². The molecular weight excluding hydrogens is 1610 g/mol. The van der Waals surface area contributed by atoms with Crippen LogP contribution in [-0.4, -0.2) is 189 Å². The number of carbonyl (C=O) groups is 4. The van der Waals surface area contributed by atoms with Crippen LogP contribution in [0, 0.1) is 0 Å². The lowest BCUT2D eigenvalue weighted by atomic mass is 9.92. The number of amides is 4. The molecule has 126 heavy (non-hydrogen) atoms. The van der Waals surface area contributed by atoms with Crippen LogP contribution in [0.15, 0.2) is 267 Å². The molecule has 10 aromatic carbocycles. The summed E-state index contributed by atoms with van der Waals surface area (Å²) in [5, 5.41) is 26.0. The SMILES string of the molecule is CC(=O)N[C@@H]1[C@H](O[C@@H]2[C@@H](NC(C)=O)[C@@H](O[C@@H]3[C@H](OCc4ccc5ccccc5c4)[C@@H](OCc4ccc5ccccc5c4)[C@@H](OCCCCCN(Cc4ccccc4)C(=O)OCc4ccccc4)O[C@@H]3COCc3ccccc3)O[C@@H]3CO[C@H](c4ccccc4)O[C@H]23)O[C@@H](C)[C@@H](O)[C@H]1O[C@@H]1O[C@@H]2CO[C@@H](c3ccccc3)O[C@H]2[C@H](OCc2ccccc2)[C@@H]1NC(C)=O. The molecular formula is C100H110N4O22. The molecule has 0 spiro atoms. The number of carbonyl (C=O) groups excluding carboxylic acids is 4. The van der Waals surface area contributed by atoms with Gasteiger partial charge in [0, 0.05) is 51.6 Å². The zero-order valence-corrected chi connectivity index (χ0v) is 71.0. The normalized spacial score (nSPS) is 28.3. The van der Waals surface area contributed by atoms with Gasteiger partial charge in [-0.25, -0.2) is 4.79 Å². The minimum absolute atomic E-state index is 0.00232. The van der Waals surface area contributed by atoms with E-state index in [-0.39, 0.29) is 59.5 Å². The molecule has 6 aliphatic rings. The van der Waals surface area contributed by atoms with Crippen LogP contribution in [0.2, 0.25) is 0 Å². The quantitative estimate of drug-likeness (QED) is 0.0268. The van der Waals surface area contributed by atoms with Gasteiger partial charge >= 0.3 is 6.09 Å². The average Bonchev–Trinajstić information content (AvgIpc) is 0.753. The fourth-order valence-corrected chi connectivity index (χ4v) is 17.2. The van der Waals surface area contributed by atoms with Crippen molar-refractivity contribution < 1.29 is 105 Å². The number of rotatable bonds is 35. The second-order valence-electron chi connectivity index (χ2n) is 32.7. The molecule has 0 unspecified atom stereocenters. The number of aliphatic hydroxyl groups is 1. The second-order valence-corrected chi connectivity index (χ2v) is 32.7. The summed E-state index contributed by atoms with van der Waals surface area (Å²) in [6.07, 6.45) is -21.0. The summed E-state index contributed by atoms with van der Waals surface area (Å²) in [4.78, 5) is 58.0. The van der Waals surface area contributed by atoms with Crippen molar-refractivity contribution in [1.82, 2.24) is 20.9 Å². The highest BCUT2D eigenvalue weighted by molar-refractivity contribution is 5.84. The first-order valence-corrected chi connectivity index (χ1v) is 43.4. The predicted molar refractivity (Wildman–Crippen MR) is 463 cm³/mol. The highest BCUT2D eigenvalue weighted by atomic mass is 16.8. The smallest absolute Gasteiger partial charge is 0.410 e. The molecule has 6 heterocycles. The van der Waals surface area contributed by atoms with Crippen LogP contribution in [0.25, 0.3) is 21.5 Å². The van der Waals surface area contributed by atoms with Crippen molar-refractivity contribution in [3.8, 4) is 0 Å². The van der Waals surface area contributed by atoms with Crippen molar-refractivity contribution in [1.29, 1.82) is 0 Å². The van der Waals surface area contributed by atoms with E-state index >= 15 is 0 Å². The van der Waals surface area contributed by atoms with E-state index in [0.29, 0.717) is 37.9 Å². The van der Waals surface area contributed by atoms with Crippen LogP contribution in [0.5, 0.6) is 0 Å². The largest absolute Gasteiger partial charge is 0.445 e. The first kappa shape index (κ1) is 89.1. The van der Waals surface area contributed by atoms with Gasteiger partial charge in [-0.15, -0.1) is 0 Å². The van der Waals surface area contributed by atoms with Crippen molar-refractivity contribution >= 4 is 45.4 Å². The van der Waals surface area contributed by atoms with Gasteiger partial charge in [0.25, 0.3) is 0 Å². The van der Waals surface area contributed by atoms with E-state index < -0.39 is 159 Å². The minimum atomic E-state index is -1.57. The Morgan fingerprint density at radius 3 is 1.36 bits per heavy atom. The Hall–Kier alpha value is -10.3. The number of ether oxygens (including phenoxy) is 17. The maximum Gasteiger partial charge on any atom is 0.410 e. The molecule has 4 N–H and O–H groups in total. The highest BCUT2D eigenvalue weighted by Crippen LogP contribution is 2.43. The minimum Gasteiger partial charge on any atom is -0.445 e. The van der Waals surface area contributed by atoms with Gasteiger partial charge in [-0.3, -0.25) is 14.4 Å². The molecule has 0 saturated carbocycles. The van der Waals surface area contributed by atoms with Crippen LogP contribution < -0.4 is 16.0 Å². The maximum atomic E-state index is 14.5. The molecule has 26 nitrogen and oxygen atoms in total. The van der Waals surface area contributed by atoms with Gasteiger partial charge in [-0.1, -0.05) is 255 Å². The Morgan fingerprint density at radius 1 is 0.389 bits per heavy atom. The zero-order chi connectivity index (χ0) is 86.7. The van der Waals surface area contributed by atoms with Crippen LogP contribution in [-0.2, 0) is 134 Å². The van der Waals surface area contributed by atoms with E-state index in [0.717, 1.165) is 60.5 Å². The maximum absolute atomic E-state index is 14.5. The summed E-state index contributed by atoms with van der Waals surface area (Å²) in [6.45, 7) is 6.83. The predicted octanol–water partition coefficient (Wildman–Crippen LogP) is 13.5. The van der Waals surface area contributed by atoms with Crippen LogP contribution in [0.4, 0.5) is 4.79 Å². The van der Waals surface area contributed by atoms with Gasteiger partial charge in [-0.2, -0.15) is 0 Å². The Balaban J connectivity index is 0.741. The van der Waals surface area contributed by atoms with E-state index in [1.165, 1.54) is 20.8 Å². The Bertz CT molecular complexity index is 5120. The Labute approximate surface area is 733 Å². The molecule has 4 amide bonds. The van der Waals surface area contributed by atoms with E-state index in [1.807, 2.05) is 243 Å². The van der Waals surface area contributed by atoms with Gasteiger partial charge in [0.05, 0.1) is 52.4 Å². The number of benzene rings is 10. The Morgan fingerprint density at radius 2 is 0.817 bits per heavy atom. The molecule has 6 aliphatic heterocycles. The Kier molecular flexibility index (Phi) is 30.8. The molecule has 0 radical (unpaired) electrons. The van der Waals surface area contributed by atoms with E-state index in [1.54, 1.807) is 11.8 Å². The average molecular weight is 1720 g/mol. The molecule has 22 atom stereocenters. The molecule has 6 saturated heterocycles. The van der Waals surface area contributed by atoms with Crippen LogP contribution >= 0.6 is 0 Å². The fraction of sp³-hybridized carbons (Fsp3) is 0.400. The fourth-order valence-electron chi connectivity index (χ4n) is 17.2. The van der Waals surface area contributed by atoms with E-state index in [2.05, 4.69) is 40.2 Å². The monoisotopic (exact) mass is 1720 g/mol. The molecule has 662 valence electrons. The van der Waals surface area contributed by atoms with Gasteiger partial charge in [0.1, 0.15) is 98.0 Å². The number of unbranched alkanes of at least 4 members (excludes halogenated alkanes) is 2. The third kappa shape index (κ3) is 23.0. The summed E-state index contributed by atoms with van der Waals surface area (Å²) < 4.78 is 119. The van der Waals surface area contributed by atoms with Crippen molar-refractivity contribution in [3.63, 3.8) is 0 Å². The van der Waals surface area contributed by atoms with Crippen LogP contribution in [0.3, 0.4) is 0 Å². The van der Waals surface area contributed by atoms with Crippen molar-refractivity contribution in [2.45, 2.75) is 222 Å². The second kappa shape index (κ2) is 43.5. The molecule has 16 rings (SSSR count). The number of hydrogen-bond acceptors (Lipinski definition) is 22. The third-order valence-corrected chi connectivity index (χ3v) is 23.4. The summed E-state index contributed by atoms with van der Waals surface area (Å²) >= 11 is 0. The summed E-state index contributed by atoms with van der Waals surface area (Å²) in [5.74, 6) is -1.55. The highest BCUT2D eigenvalue weighted by Gasteiger charge is 2.60. The lowest BCUT2D eigenvalue weighted by molar-refractivity contribution is -0.394. The summed E-state index contributed by atoms with van der Waals surface area (Å²) in [7, 11) is 0. The molecule has 0 bridgehead atoms. The van der Waals surface area contributed by atoms with Crippen molar-refractivity contribution in [3.05, 3.63) is 311 Å². The number of nitrogens with zero attached hydrogens (tertiary/aromatic N) is 1. The van der Waals surface area contributed by atoms with Crippen LogP contribution in [0.1, 0.15) is 104 Å². The van der Waals surface area contributed by atoms with E-state index in [9.17, 15) is 24.3 Å². The van der Waals surface area contributed by atoms with Crippen molar-refractivity contribution in [2.24, 2.45) is 0 Å². The molecule has 26 heteroatoms. The van der Waals surface area contributed by atoms with Gasteiger partial charge < -0.3 is 106 Å². The number of nitrogens with one attached hydrogen (secondary N) is 3. The molecule has 6 fully saturated rings. The zero-order valence-electron chi connectivity index (χ0n) is 71.0.